The summed E-state index contributed by atoms with van der Waals surface area (Å²) in [7, 11) is 0. The van der Waals surface area contributed by atoms with Crippen molar-refractivity contribution >= 4 is 27.5 Å². The highest BCUT2D eigenvalue weighted by Crippen LogP contribution is 2.35. The van der Waals surface area contributed by atoms with Gasteiger partial charge < -0.3 is 23.9 Å². The van der Waals surface area contributed by atoms with Gasteiger partial charge in [-0.05, 0) is 59.6 Å². The van der Waals surface area contributed by atoms with Gasteiger partial charge in [-0.2, -0.15) is 0 Å². The third kappa shape index (κ3) is 3.71. The van der Waals surface area contributed by atoms with Gasteiger partial charge in [-0.25, -0.2) is 0 Å². The van der Waals surface area contributed by atoms with Gasteiger partial charge >= 0.3 is 0 Å². The SMILES string of the molecule is Cc1oc(C)c(C(=O)Nc2cccc(COc3ccc4c(c3)OCO4)c2)c1Br. The lowest BCUT2D eigenvalue weighted by molar-refractivity contribution is 0.102. The fraction of sp³-hybridized carbons (Fsp3) is 0.190. The van der Waals surface area contributed by atoms with Crippen LogP contribution < -0.4 is 19.5 Å². The van der Waals surface area contributed by atoms with E-state index in [2.05, 4.69) is 21.2 Å². The molecule has 2 heterocycles. The molecule has 6 nitrogen and oxygen atoms in total. The molecule has 1 aliphatic rings. The lowest BCUT2D eigenvalue weighted by Crippen LogP contribution is -2.13. The molecule has 144 valence electrons. The van der Waals surface area contributed by atoms with E-state index in [9.17, 15) is 4.79 Å². The number of nitrogens with one attached hydrogen (secondary N) is 1. The third-order valence-corrected chi connectivity index (χ3v) is 5.30. The summed E-state index contributed by atoms with van der Waals surface area (Å²) in [6.45, 7) is 4.16. The first-order valence-corrected chi connectivity index (χ1v) is 9.49. The van der Waals surface area contributed by atoms with E-state index in [0.717, 1.165) is 5.56 Å². The van der Waals surface area contributed by atoms with Crippen LogP contribution in [0.4, 0.5) is 5.69 Å². The summed E-state index contributed by atoms with van der Waals surface area (Å²) in [5, 5.41) is 2.90. The molecule has 1 amide bonds. The summed E-state index contributed by atoms with van der Waals surface area (Å²) in [5.74, 6) is 3.10. The van der Waals surface area contributed by atoms with Crippen LogP contribution in [0.3, 0.4) is 0 Å². The quantitative estimate of drug-likeness (QED) is 0.585. The topological polar surface area (TPSA) is 69.9 Å². The van der Waals surface area contributed by atoms with Crippen molar-refractivity contribution in [1.82, 2.24) is 0 Å². The fourth-order valence-electron chi connectivity index (χ4n) is 2.98. The minimum absolute atomic E-state index is 0.227. The number of hydrogen-bond donors (Lipinski definition) is 1. The highest BCUT2D eigenvalue weighted by atomic mass is 79.9. The number of ether oxygens (including phenoxy) is 3. The van der Waals surface area contributed by atoms with Crippen LogP contribution >= 0.6 is 15.9 Å². The summed E-state index contributed by atoms with van der Waals surface area (Å²) in [4.78, 5) is 12.6. The van der Waals surface area contributed by atoms with Crippen molar-refractivity contribution in [3.05, 3.63) is 69.6 Å². The molecular weight excluding hydrogens is 426 g/mol. The molecule has 28 heavy (non-hydrogen) atoms. The normalized spacial score (nSPS) is 12.1. The van der Waals surface area contributed by atoms with E-state index in [1.807, 2.05) is 43.3 Å². The van der Waals surface area contributed by atoms with E-state index >= 15 is 0 Å². The number of rotatable bonds is 5. The Balaban J connectivity index is 1.43. The molecule has 0 atom stereocenters. The Labute approximate surface area is 170 Å². The van der Waals surface area contributed by atoms with Crippen LogP contribution in [-0.4, -0.2) is 12.7 Å². The van der Waals surface area contributed by atoms with E-state index < -0.39 is 0 Å². The second kappa shape index (κ2) is 7.59. The fourth-order valence-corrected chi connectivity index (χ4v) is 3.52. The third-order valence-electron chi connectivity index (χ3n) is 4.35. The van der Waals surface area contributed by atoms with Crippen LogP contribution in [-0.2, 0) is 6.61 Å². The highest BCUT2D eigenvalue weighted by Gasteiger charge is 2.20. The summed E-state index contributed by atoms with van der Waals surface area (Å²) >= 11 is 3.41. The Morgan fingerprint density at radius 3 is 2.71 bits per heavy atom. The van der Waals surface area contributed by atoms with Crippen molar-refractivity contribution in [1.29, 1.82) is 0 Å². The number of amides is 1. The zero-order valence-electron chi connectivity index (χ0n) is 15.4. The Morgan fingerprint density at radius 2 is 1.93 bits per heavy atom. The molecular formula is C21H18BrNO5. The molecule has 7 heteroatoms. The largest absolute Gasteiger partial charge is 0.489 e. The van der Waals surface area contributed by atoms with E-state index in [4.69, 9.17) is 18.6 Å². The molecule has 1 aromatic heterocycles. The molecule has 1 N–H and O–H groups in total. The number of carbonyl (C=O) groups is 1. The summed E-state index contributed by atoms with van der Waals surface area (Å²) < 4.78 is 22.7. The lowest BCUT2D eigenvalue weighted by atomic mass is 10.2. The van der Waals surface area contributed by atoms with Crippen LogP contribution in [0.5, 0.6) is 17.2 Å². The Hall–Kier alpha value is -2.93. The van der Waals surface area contributed by atoms with Crippen LogP contribution in [0.15, 0.2) is 51.4 Å². The van der Waals surface area contributed by atoms with Gasteiger partial charge in [0.05, 0.1) is 10.0 Å². The van der Waals surface area contributed by atoms with Crippen molar-refractivity contribution in [2.24, 2.45) is 0 Å². The number of hydrogen-bond acceptors (Lipinski definition) is 5. The molecule has 0 saturated carbocycles. The Bertz CT molecular complexity index is 1040. The van der Waals surface area contributed by atoms with Crippen molar-refractivity contribution in [3.63, 3.8) is 0 Å². The monoisotopic (exact) mass is 443 g/mol. The van der Waals surface area contributed by atoms with Crippen molar-refractivity contribution in [2.75, 3.05) is 12.1 Å². The van der Waals surface area contributed by atoms with Gasteiger partial charge in [0.1, 0.15) is 23.9 Å². The van der Waals surface area contributed by atoms with Gasteiger partial charge in [0.15, 0.2) is 11.5 Å². The first-order chi connectivity index (χ1) is 13.5. The standard InChI is InChI=1S/C21H18BrNO5/c1-12-19(20(22)13(2)28-12)21(24)23-15-5-3-4-14(8-15)10-25-16-6-7-17-18(9-16)27-11-26-17/h3-9H,10-11H2,1-2H3,(H,23,24). The molecule has 0 aliphatic carbocycles. The molecule has 3 aromatic rings. The highest BCUT2D eigenvalue weighted by molar-refractivity contribution is 9.10. The molecule has 0 bridgehead atoms. The van der Waals surface area contributed by atoms with E-state index in [1.54, 1.807) is 13.0 Å². The minimum Gasteiger partial charge on any atom is -0.489 e. The number of benzene rings is 2. The number of furan rings is 1. The van der Waals surface area contributed by atoms with Gasteiger partial charge in [0, 0.05) is 11.8 Å². The van der Waals surface area contributed by atoms with Crippen LogP contribution in [0.2, 0.25) is 0 Å². The first kappa shape index (κ1) is 18.4. The maximum atomic E-state index is 12.6. The molecule has 0 spiro atoms. The van der Waals surface area contributed by atoms with Gasteiger partial charge in [-0.1, -0.05) is 12.1 Å². The molecule has 0 radical (unpaired) electrons. The van der Waals surface area contributed by atoms with Gasteiger partial charge in [0.2, 0.25) is 6.79 Å². The minimum atomic E-state index is -0.227. The molecule has 4 rings (SSSR count). The zero-order chi connectivity index (χ0) is 19.7. The second-order valence-corrected chi connectivity index (χ2v) is 7.15. The molecule has 0 fully saturated rings. The predicted octanol–water partition coefficient (Wildman–Crippen LogP) is 5.22. The van der Waals surface area contributed by atoms with E-state index in [1.165, 1.54) is 0 Å². The molecule has 0 saturated heterocycles. The summed E-state index contributed by atoms with van der Waals surface area (Å²) in [6, 6.07) is 13.0. The van der Waals surface area contributed by atoms with Crippen LogP contribution in [0, 0.1) is 13.8 Å². The number of carbonyl (C=O) groups excluding carboxylic acids is 1. The average molecular weight is 444 g/mol. The first-order valence-electron chi connectivity index (χ1n) is 8.69. The van der Waals surface area contributed by atoms with Crippen LogP contribution in [0.1, 0.15) is 27.4 Å². The van der Waals surface area contributed by atoms with Crippen LogP contribution in [0.25, 0.3) is 0 Å². The van der Waals surface area contributed by atoms with Crippen molar-refractivity contribution < 1.29 is 23.4 Å². The summed E-state index contributed by atoms with van der Waals surface area (Å²) in [6.07, 6.45) is 0. The number of anilines is 1. The summed E-state index contributed by atoms with van der Waals surface area (Å²) in [5.41, 5.74) is 2.11. The van der Waals surface area contributed by atoms with E-state index in [0.29, 0.717) is 51.1 Å². The zero-order valence-corrected chi connectivity index (χ0v) is 17.0. The predicted molar refractivity (Wildman–Crippen MR) is 107 cm³/mol. The maximum Gasteiger partial charge on any atom is 0.260 e. The van der Waals surface area contributed by atoms with Gasteiger partial charge in [-0.3, -0.25) is 4.79 Å². The Kier molecular flexibility index (Phi) is 5.00. The average Bonchev–Trinajstić information content (AvgIpc) is 3.23. The van der Waals surface area contributed by atoms with Gasteiger partial charge in [0.25, 0.3) is 5.91 Å². The maximum absolute atomic E-state index is 12.6. The van der Waals surface area contributed by atoms with Crippen molar-refractivity contribution in [2.45, 2.75) is 20.5 Å². The molecule has 2 aromatic carbocycles. The van der Waals surface area contributed by atoms with E-state index in [-0.39, 0.29) is 12.7 Å². The molecule has 1 aliphatic heterocycles. The lowest BCUT2D eigenvalue weighted by Gasteiger charge is -2.10. The number of aryl methyl sites for hydroxylation is 2. The van der Waals surface area contributed by atoms with Crippen molar-refractivity contribution in [3.8, 4) is 17.2 Å². The Morgan fingerprint density at radius 1 is 1.11 bits per heavy atom. The smallest absolute Gasteiger partial charge is 0.260 e. The second-order valence-electron chi connectivity index (χ2n) is 6.36. The number of halogens is 1. The van der Waals surface area contributed by atoms with Gasteiger partial charge in [-0.15, -0.1) is 0 Å². The molecule has 0 unspecified atom stereocenters. The number of fused-ring (bicyclic) bond motifs is 1.